The Labute approximate surface area is 122 Å². The summed E-state index contributed by atoms with van der Waals surface area (Å²) in [6, 6.07) is 22.5. The highest BCUT2D eigenvalue weighted by Gasteiger charge is 2.11. The van der Waals surface area contributed by atoms with Crippen molar-refractivity contribution in [2.24, 2.45) is 0 Å². The number of fused-ring (bicyclic) bond motifs is 3. The Morgan fingerprint density at radius 2 is 1.52 bits per heavy atom. The quantitative estimate of drug-likeness (QED) is 0.404. The van der Waals surface area contributed by atoms with Gasteiger partial charge in [-0.25, -0.2) is 0 Å². The Morgan fingerprint density at radius 3 is 2.38 bits per heavy atom. The number of hydrogen-bond donors (Lipinski definition) is 1. The zero-order chi connectivity index (χ0) is 14.2. The third-order valence-electron chi connectivity index (χ3n) is 3.85. The summed E-state index contributed by atoms with van der Waals surface area (Å²) in [4.78, 5) is 4.58. The smallest absolute Gasteiger partial charge is 0.0716 e. The first-order chi connectivity index (χ1) is 10.3. The fourth-order valence-corrected chi connectivity index (χ4v) is 2.88. The molecule has 0 aliphatic heterocycles. The van der Waals surface area contributed by atoms with Crippen LogP contribution in [-0.4, -0.2) is 4.98 Å². The van der Waals surface area contributed by atoms with Crippen LogP contribution in [-0.2, 0) is 0 Å². The van der Waals surface area contributed by atoms with Crippen LogP contribution in [0.25, 0.3) is 32.8 Å². The Hall–Kier alpha value is -2.87. The number of aromatic nitrogens is 1. The fourth-order valence-electron chi connectivity index (χ4n) is 2.88. The minimum Gasteiger partial charge on any atom is -0.398 e. The molecule has 3 aromatic carbocycles. The predicted molar refractivity (Wildman–Crippen MR) is 89.1 cm³/mol. The van der Waals surface area contributed by atoms with Gasteiger partial charge >= 0.3 is 0 Å². The lowest BCUT2D eigenvalue weighted by molar-refractivity contribution is 1.44. The molecule has 1 aromatic heterocycles. The maximum atomic E-state index is 6.28. The first kappa shape index (κ1) is 11.9. The third-order valence-corrected chi connectivity index (χ3v) is 3.85. The zero-order valence-electron chi connectivity index (χ0n) is 11.5. The van der Waals surface area contributed by atoms with Crippen molar-refractivity contribution in [3.8, 4) is 11.1 Å². The number of benzene rings is 3. The third kappa shape index (κ3) is 1.84. The van der Waals surface area contributed by atoms with Crippen LogP contribution < -0.4 is 5.73 Å². The topological polar surface area (TPSA) is 38.9 Å². The molecule has 4 rings (SSSR count). The van der Waals surface area contributed by atoms with Crippen LogP contribution in [0.2, 0.25) is 0 Å². The molecule has 0 bridgehead atoms. The minimum atomic E-state index is 0.784. The van der Waals surface area contributed by atoms with Crippen molar-refractivity contribution in [3.63, 3.8) is 0 Å². The molecule has 2 heteroatoms. The molecule has 1 heterocycles. The van der Waals surface area contributed by atoms with Crippen molar-refractivity contribution in [2.45, 2.75) is 0 Å². The zero-order valence-corrected chi connectivity index (χ0v) is 11.5. The molecule has 0 fully saturated rings. The Bertz CT molecular complexity index is 943. The summed E-state index contributed by atoms with van der Waals surface area (Å²) in [5, 5.41) is 3.45. The van der Waals surface area contributed by atoms with Crippen LogP contribution in [0.1, 0.15) is 0 Å². The van der Waals surface area contributed by atoms with Crippen LogP contribution >= 0.6 is 0 Å². The van der Waals surface area contributed by atoms with Crippen molar-refractivity contribution < 1.29 is 0 Å². The van der Waals surface area contributed by atoms with E-state index in [1.54, 1.807) is 0 Å². The summed E-state index contributed by atoms with van der Waals surface area (Å²) >= 11 is 0. The SMILES string of the molecule is Nc1ccc2ncc3ccccc3c2c1-c1ccccc1. The van der Waals surface area contributed by atoms with Gasteiger partial charge in [-0.15, -0.1) is 0 Å². The average molecular weight is 270 g/mol. The van der Waals surface area contributed by atoms with Crippen LogP contribution in [0.15, 0.2) is 72.9 Å². The second-order valence-electron chi connectivity index (χ2n) is 5.14. The van der Waals surface area contributed by atoms with Gasteiger partial charge in [-0.05, 0) is 23.1 Å². The van der Waals surface area contributed by atoms with E-state index in [1.165, 1.54) is 5.39 Å². The lowest BCUT2D eigenvalue weighted by Gasteiger charge is -2.12. The lowest BCUT2D eigenvalue weighted by atomic mass is 9.95. The molecule has 0 amide bonds. The fraction of sp³-hybridized carbons (Fsp3) is 0. The number of anilines is 1. The van der Waals surface area contributed by atoms with Crippen LogP contribution in [0.3, 0.4) is 0 Å². The molecule has 4 aromatic rings. The Morgan fingerprint density at radius 1 is 0.762 bits per heavy atom. The summed E-state index contributed by atoms with van der Waals surface area (Å²) in [6.07, 6.45) is 1.92. The summed E-state index contributed by atoms with van der Waals surface area (Å²) in [6.45, 7) is 0. The highest BCUT2D eigenvalue weighted by atomic mass is 14.7. The van der Waals surface area contributed by atoms with Gasteiger partial charge in [0.1, 0.15) is 0 Å². The summed E-state index contributed by atoms with van der Waals surface area (Å²) in [7, 11) is 0. The second kappa shape index (κ2) is 4.60. The minimum absolute atomic E-state index is 0.784. The van der Waals surface area contributed by atoms with Gasteiger partial charge in [-0.3, -0.25) is 4.98 Å². The lowest BCUT2D eigenvalue weighted by Crippen LogP contribution is -1.93. The highest BCUT2D eigenvalue weighted by molar-refractivity contribution is 6.15. The van der Waals surface area contributed by atoms with Gasteiger partial charge in [-0.2, -0.15) is 0 Å². The van der Waals surface area contributed by atoms with E-state index in [0.717, 1.165) is 33.1 Å². The number of nitrogens with two attached hydrogens (primary N) is 1. The first-order valence-corrected chi connectivity index (χ1v) is 6.96. The van der Waals surface area contributed by atoms with E-state index < -0.39 is 0 Å². The molecule has 0 radical (unpaired) electrons. The molecule has 0 saturated heterocycles. The molecule has 0 aliphatic rings. The van der Waals surface area contributed by atoms with Gasteiger partial charge < -0.3 is 5.73 Å². The molecule has 0 aliphatic carbocycles. The molecular formula is C19H14N2. The van der Waals surface area contributed by atoms with E-state index in [1.807, 2.05) is 42.6 Å². The van der Waals surface area contributed by atoms with E-state index in [9.17, 15) is 0 Å². The van der Waals surface area contributed by atoms with Gasteiger partial charge in [-0.1, -0.05) is 54.6 Å². The van der Waals surface area contributed by atoms with Crippen LogP contribution in [0.5, 0.6) is 0 Å². The molecular weight excluding hydrogens is 256 g/mol. The van der Waals surface area contributed by atoms with Crippen molar-refractivity contribution in [1.29, 1.82) is 0 Å². The standard InChI is InChI=1S/C19H14N2/c20-16-10-11-17-19(18(16)13-6-2-1-3-7-13)15-9-5-4-8-14(15)12-21-17/h1-12H,20H2. The Balaban J connectivity index is 2.23. The number of pyridine rings is 1. The van der Waals surface area contributed by atoms with E-state index in [4.69, 9.17) is 5.73 Å². The summed E-state index contributed by atoms with van der Waals surface area (Å²) in [5.74, 6) is 0. The Kier molecular flexibility index (Phi) is 2.61. The van der Waals surface area contributed by atoms with Crippen molar-refractivity contribution in [3.05, 3.63) is 72.9 Å². The molecule has 0 unspecified atom stereocenters. The van der Waals surface area contributed by atoms with Crippen molar-refractivity contribution in [2.75, 3.05) is 5.73 Å². The molecule has 0 saturated carbocycles. The average Bonchev–Trinajstić information content (AvgIpc) is 2.55. The number of nitrogen functional groups attached to an aromatic ring is 1. The van der Waals surface area contributed by atoms with Gasteiger partial charge in [0.2, 0.25) is 0 Å². The molecule has 21 heavy (non-hydrogen) atoms. The van der Waals surface area contributed by atoms with E-state index in [-0.39, 0.29) is 0 Å². The normalized spacial score (nSPS) is 11.0. The number of hydrogen-bond acceptors (Lipinski definition) is 2. The number of nitrogens with zero attached hydrogens (tertiary/aromatic N) is 1. The van der Waals surface area contributed by atoms with E-state index >= 15 is 0 Å². The monoisotopic (exact) mass is 270 g/mol. The molecule has 2 nitrogen and oxygen atoms in total. The second-order valence-corrected chi connectivity index (χ2v) is 5.14. The number of rotatable bonds is 1. The molecule has 0 spiro atoms. The molecule has 2 N–H and O–H groups in total. The van der Waals surface area contributed by atoms with E-state index in [0.29, 0.717) is 0 Å². The van der Waals surface area contributed by atoms with Crippen molar-refractivity contribution in [1.82, 2.24) is 4.98 Å². The highest BCUT2D eigenvalue weighted by Crippen LogP contribution is 2.37. The van der Waals surface area contributed by atoms with Crippen LogP contribution in [0, 0.1) is 0 Å². The van der Waals surface area contributed by atoms with E-state index in [2.05, 4.69) is 35.3 Å². The first-order valence-electron chi connectivity index (χ1n) is 6.96. The van der Waals surface area contributed by atoms with Gasteiger partial charge in [0.15, 0.2) is 0 Å². The molecule has 100 valence electrons. The van der Waals surface area contributed by atoms with Gasteiger partial charge in [0, 0.05) is 28.2 Å². The van der Waals surface area contributed by atoms with Crippen LogP contribution in [0.4, 0.5) is 5.69 Å². The van der Waals surface area contributed by atoms with Crippen molar-refractivity contribution >= 4 is 27.4 Å². The molecule has 0 atom stereocenters. The van der Waals surface area contributed by atoms with Gasteiger partial charge in [0.05, 0.1) is 5.52 Å². The summed E-state index contributed by atoms with van der Waals surface area (Å²) < 4.78 is 0. The van der Waals surface area contributed by atoms with Gasteiger partial charge in [0.25, 0.3) is 0 Å². The maximum Gasteiger partial charge on any atom is 0.0716 e. The maximum absolute atomic E-state index is 6.28. The predicted octanol–water partition coefficient (Wildman–Crippen LogP) is 4.64. The largest absolute Gasteiger partial charge is 0.398 e. The summed E-state index contributed by atoms with van der Waals surface area (Å²) in [5.41, 5.74) is 10.2.